The first kappa shape index (κ1) is 22.2. The third kappa shape index (κ3) is 5.26. The molecule has 1 saturated heterocycles. The Morgan fingerprint density at radius 2 is 1.67 bits per heavy atom. The van der Waals surface area contributed by atoms with Crippen LogP contribution in [-0.4, -0.2) is 46.8 Å². The Balaban J connectivity index is 1.38. The first-order valence-corrected chi connectivity index (χ1v) is 11.1. The number of benzene rings is 2. The number of hydrogen-bond acceptors (Lipinski definition) is 4. The van der Waals surface area contributed by atoms with Gasteiger partial charge in [0.05, 0.1) is 0 Å². The summed E-state index contributed by atoms with van der Waals surface area (Å²) in [5.74, 6) is 0.183. The van der Waals surface area contributed by atoms with Gasteiger partial charge in [0.1, 0.15) is 11.3 Å². The second-order valence-electron chi connectivity index (χ2n) is 8.06. The van der Waals surface area contributed by atoms with Crippen molar-refractivity contribution >= 4 is 17.6 Å². The van der Waals surface area contributed by atoms with E-state index in [-0.39, 0.29) is 23.1 Å². The Morgan fingerprint density at radius 3 is 2.36 bits per heavy atom. The van der Waals surface area contributed by atoms with Crippen molar-refractivity contribution in [2.45, 2.75) is 19.3 Å². The average Bonchev–Trinajstić information content (AvgIpc) is 3.26. The molecule has 2 amide bonds. The van der Waals surface area contributed by atoms with Crippen LogP contribution in [0.4, 0.5) is 0 Å². The maximum atomic E-state index is 12.4. The van der Waals surface area contributed by atoms with E-state index in [2.05, 4.69) is 5.32 Å². The number of carbonyl (C=O) groups excluding carboxylic acids is 2. The van der Waals surface area contributed by atoms with Crippen LogP contribution < -0.4 is 10.8 Å². The first-order chi connectivity index (χ1) is 16.0. The van der Waals surface area contributed by atoms with Crippen molar-refractivity contribution in [1.82, 2.24) is 14.8 Å². The Kier molecular flexibility index (Phi) is 6.78. The van der Waals surface area contributed by atoms with Crippen LogP contribution in [0, 0.1) is 10.8 Å². The monoisotopic (exact) mass is 441 g/mol. The number of likely N-dealkylation sites (tertiary alicyclic amines) is 1. The molecule has 1 aliphatic rings. The molecule has 1 fully saturated rings. The minimum atomic E-state index is -0.180. The number of nitrogens with one attached hydrogen (secondary N) is 3. The van der Waals surface area contributed by atoms with Gasteiger partial charge in [0.25, 0.3) is 5.91 Å². The SMILES string of the molecule is N=C(c1ccc(C(=O)NCCCN2CCCC2=O)cc1)n1cc(-c2ccccc2)ccc1=N. The maximum absolute atomic E-state index is 12.4. The van der Waals surface area contributed by atoms with Crippen molar-refractivity contribution in [1.29, 1.82) is 10.8 Å². The van der Waals surface area contributed by atoms with Crippen LogP contribution in [-0.2, 0) is 4.79 Å². The van der Waals surface area contributed by atoms with Crippen molar-refractivity contribution in [3.8, 4) is 11.1 Å². The molecule has 0 radical (unpaired) electrons. The van der Waals surface area contributed by atoms with Gasteiger partial charge in [0.2, 0.25) is 5.91 Å². The van der Waals surface area contributed by atoms with Gasteiger partial charge in [0, 0.05) is 43.4 Å². The standard InChI is InChI=1S/C26H27N5O2/c27-23-14-13-22(19-6-2-1-3-7-19)18-31(23)25(28)20-9-11-21(12-10-20)26(33)29-15-5-17-30-16-4-8-24(30)32/h1-3,6-7,9-14,18,27-28H,4-5,8,15-17H2,(H,29,33). The smallest absolute Gasteiger partial charge is 0.251 e. The van der Waals surface area contributed by atoms with E-state index in [9.17, 15) is 9.59 Å². The van der Waals surface area contributed by atoms with Crippen LogP contribution in [0.25, 0.3) is 11.1 Å². The zero-order valence-electron chi connectivity index (χ0n) is 18.4. The van der Waals surface area contributed by atoms with Gasteiger partial charge in [-0.25, -0.2) is 0 Å². The van der Waals surface area contributed by atoms with Crippen LogP contribution in [0.15, 0.2) is 72.9 Å². The van der Waals surface area contributed by atoms with Crippen molar-refractivity contribution in [3.05, 3.63) is 89.5 Å². The van der Waals surface area contributed by atoms with E-state index in [0.717, 1.165) is 30.5 Å². The molecule has 7 heteroatoms. The molecule has 0 unspecified atom stereocenters. The molecule has 1 aliphatic heterocycles. The molecular weight excluding hydrogens is 414 g/mol. The quantitative estimate of drug-likeness (QED) is 0.298. The summed E-state index contributed by atoms with van der Waals surface area (Å²) < 4.78 is 1.52. The summed E-state index contributed by atoms with van der Waals surface area (Å²) in [6.07, 6.45) is 4.06. The normalized spacial score (nSPS) is 13.2. The van der Waals surface area contributed by atoms with Gasteiger partial charge in [-0.2, -0.15) is 0 Å². The fraction of sp³-hybridized carbons (Fsp3) is 0.231. The summed E-state index contributed by atoms with van der Waals surface area (Å²) in [5.41, 5.74) is 3.27. The van der Waals surface area contributed by atoms with E-state index in [0.29, 0.717) is 30.6 Å². The highest BCUT2D eigenvalue weighted by molar-refractivity contribution is 6.00. The van der Waals surface area contributed by atoms with Crippen LogP contribution in [0.1, 0.15) is 35.2 Å². The highest BCUT2D eigenvalue weighted by Crippen LogP contribution is 2.17. The molecule has 168 valence electrons. The van der Waals surface area contributed by atoms with E-state index in [4.69, 9.17) is 10.8 Å². The van der Waals surface area contributed by atoms with Gasteiger partial charge < -0.3 is 10.2 Å². The number of carbonyl (C=O) groups is 2. The lowest BCUT2D eigenvalue weighted by Crippen LogP contribution is -2.30. The lowest BCUT2D eigenvalue weighted by atomic mass is 10.1. The molecule has 2 aromatic carbocycles. The summed E-state index contributed by atoms with van der Waals surface area (Å²) in [7, 11) is 0. The fourth-order valence-electron chi connectivity index (χ4n) is 3.92. The van der Waals surface area contributed by atoms with Crippen molar-refractivity contribution < 1.29 is 9.59 Å². The molecule has 0 atom stereocenters. The topological polar surface area (TPSA) is 102 Å². The Hall–Kier alpha value is -4.00. The lowest BCUT2D eigenvalue weighted by Gasteiger charge is -2.15. The molecule has 3 N–H and O–H groups in total. The zero-order chi connectivity index (χ0) is 23.2. The summed E-state index contributed by atoms with van der Waals surface area (Å²) in [6, 6.07) is 20.2. The first-order valence-electron chi connectivity index (χ1n) is 11.1. The summed E-state index contributed by atoms with van der Waals surface area (Å²) in [5, 5.41) is 19.7. The third-order valence-electron chi connectivity index (χ3n) is 5.78. The van der Waals surface area contributed by atoms with Gasteiger partial charge >= 0.3 is 0 Å². The Morgan fingerprint density at radius 1 is 0.939 bits per heavy atom. The molecular formula is C26H27N5O2. The van der Waals surface area contributed by atoms with E-state index in [1.807, 2.05) is 41.3 Å². The van der Waals surface area contributed by atoms with Crippen molar-refractivity contribution in [2.24, 2.45) is 0 Å². The average molecular weight is 442 g/mol. The van der Waals surface area contributed by atoms with E-state index >= 15 is 0 Å². The molecule has 1 aromatic heterocycles. The van der Waals surface area contributed by atoms with E-state index in [1.165, 1.54) is 4.57 Å². The second-order valence-corrected chi connectivity index (χ2v) is 8.06. The largest absolute Gasteiger partial charge is 0.352 e. The number of amides is 2. The minimum absolute atomic E-state index is 0.167. The number of pyridine rings is 1. The van der Waals surface area contributed by atoms with Crippen molar-refractivity contribution in [2.75, 3.05) is 19.6 Å². The maximum Gasteiger partial charge on any atom is 0.251 e. The van der Waals surface area contributed by atoms with Crippen LogP contribution in [0.2, 0.25) is 0 Å². The highest BCUT2D eigenvalue weighted by Gasteiger charge is 2.19. The number of nitrogens with zero attached hydrogens (tertiary/aromatic N) is 2. The molecule has 0 bridgehead atoms. The Bertz CT molecular complexity index is 1220. The number of hydrogen-bond donors (Lipinski definition) is 3. The lowest BCUT2D eigenvalue weighted by molar-refractivity contribution is -0.127. The predicted octanol–water partition coefficient (Wildman–Crippen LogP) is 3.25. The molecule has 0 saturated carbocycles. The van der Waals surface area contributed by atoms with Gasteiger partial charge in [-0.15, -0.1) is 0 Å². The zero-order valence-corrected chi connectivity index (χ0v) is 18.4. The van der Waals surface area contributed by atoms with E-state index < -0.39 is 0 Å². The predicted molar refractivity (Wildman–Crippen MR) is 127 cm³/mol. The summed E-state index contributed by atoms with van der Waals surface area (Å²) in [6.45, 7) is 1.99. The molecule has 7 nitrogen and oxygen atoms in total. The van der Waals surface area contributed by atoms with E-state index in [1.54, 1.807) is 36.5 Å². The summed E-state index contributed by atoms with van der Waals surface area (Å²) >= 11 is 0. The van der Waals surface area contributed by atoms with Crippen LogP contribution >= 0.6 is 0 Å². The second kappa shape index (κ2) is 10.1. The molecule has 2 heterocycles. The molecule has 0 aliphatic carbocycles. The van der Waals surface area contributed by atoms with Crippen molar-refractivity contribution in [3.63, 3.8) is 0 Å². The molecule has 3 aromatic rings. The van der Waals surface area contributed by atoms with Gasteiger partial charge in [-0.1, -0.05) is 42.5 Å². The fourth-order valence-corrected chi connectivity index (χ4v) is 3.92. The van der Waals surface area contributed by atoms with Gasteiger partial charge in [-0.05, 0) is 48.2 Å². The molecule has 4 rings (SSSR count). The van der Waals surface area contributed by atoms with Gasteiger partial charge in [-0.3, -0.25) is 25.0 Å². The molecule has 33 heavy (non-hydrogen) atoms. The minimum Gasteiger partial charge on any atom is -0.352 e. The Labute approximate surface area is 192 Å². The summed E-state index contributed by atoms with van der Waals surface area (Å²) in [4.78, 5) is 25.9. The van der Waals surface area contributed by atoms with Gasteiger partial charge in [0.15, 0.2) is 0 Å². The number of aromatic nitrogens is 1. The van der Waals surface area contributed by atoms with Crippen LogP contribution in [0.5, 0.6) is 0 Å². The molecule has 0 spiro atoms. The highest BCUT2D eigenvalue weighted by atomic mass is 16.2. The third-order valence-corrected chi connectivity index (χ3v) is 5.78. The number of rotatable bonds is 7. The van der Waals surface area contributed by atoms with Crippen LogP contribution in [0.3, 0.4) is 0 Å².